The summed E-state index contributed by atoms with van der Waals surface area (Å²) in [5, 5.41) is 9.31. The number of fused-ring (bicyclic) bond motifs is 1. The van der Waals surface area contributed by atoms with Crippen molar-refractivity contribution in [1.29, 1.82) is 5.26 Å². The lowest BCUT2D eigenvalue weighted by Gasteiger charge is -2.20. The van der Waals surface area contributed by atoms with Gasteiger partial charge in [-0.15, -0.1) is 0 Å². The fourth-order valence-corrected chi connectivity index (χ4v) is 2.77. The predicted molar refractivity (Wildman–Crippen MR) is 84.2 cm³/mol. The van der Waals surface area contributed by atoms with Crippen LogP contribution in [0, 0.1) is 23.0 Å². The van der Waals surface area contributed by atoms with Gasteiger partial charge < -0.3 is 14.4 Å². The van der Waals surface area contributed by atoms with Gasteiger partial charge in [-0.3, -0.25) is 4.79 Å². The molecule has 0 aromatic heterocycles. The van der Waals surface area contributed by atoms with Crippen molar-refractivity contribution in [1.82, 2.24) is 4.90 Å². The second-order valence-electron chi connectivity index (χ2n) is 5.41. The highest BCUT2D eigenvalue weighted by atomic mass is 19.1. The normalized spacial score (nSPS) is 15.7. The number of ether oxygens (including phenoxy) is 2. The number of hydrogen-bond donors (Lipinski definition) is 0. The monoisotopic (exact) mass is 344 g/mol. The van der Waals surface area contributed by atoms with Gasteiger partial charge in [0.2, 0.25) is 0 Å². The van der Waals surface area contributed by atoms with Crippen LogP contribution in [0.4, 0.5) is 8.78 Å². The maximum atomic E-state index is 13.9. The summed E-state index contributed by atoms with van der Waals surface area (Å²) >= 11 is 0. The van der Waals surface area contributed by atoms with E-state index in [4.69, 9.17) is 9.47 Å². The van der Waals surface area contributed by atoms with Crippen molar-refractivity contribution in [3.05, 3.63) is 59.2 Å². The molecular weight excluding hydrogens is 330 g/mol. The number of carbonyl (C=O) groups excluding carboxylic acids is 1. The van der Waals surface area contributed by atoms with Crippen molar-refractivity contribution >= 4 is 5.91 Å². The molecule has 1 aliphatic heterocycles. The van der Waals surface area contributed by atoms with E-state index in [2.05, 4.69) is 0 Å². The highest BCUT2D eigenvalue weighted by Gasteiger charge is 2.39. The van der Waals surface area contributed by atoms with E-state index in [9.17, 15) is 18.8 Å². The molecule has 0 saturated carbocycles. The van der Waals surface area contributed by atoms with E-state index in [0.717, 1.165) is 6.07 Å². The molecule has 2 aromatic rings. The Labute approximate surface area is 143 Å². The molecule has 1 aliphatic rings. The van der Waals surface area contributed by atoms with Gasteiger partial charge in [-0.05, 0) is 30.3 Å². The molecular formula is C18H14F2N2O3. The summed E-state index contributed by atoms with van der Waals surface area (Å²) in [6, 6.07) is 9.41. The summed E-state index contributed by atoms with van der Waals surface area (Å²) in [6.45, 7) is 0.174. The molecule has 2 aromatic carbocycles. The van der Waals surface area contributed by atoms with Gasteiger partial charge in [0, 0.05) is 11.6 Å². The maximum absolute atomic E-state index is 13.9. The fraction of sp³-hybridized carbons (Fsp3) is 0.222. The average molecular weight is 344 g/mol. The van der Waals surface area contributed by atoms with Crippen LogP contribution in [-0.4, -0.2) is 31.1 Å². The zero-order valence-electron chi connectivity index (χ0n) is 13.3. The first-order valence-electron chi connectivity index (χ1n) is 7.51. The van der Waals surface area contributed by atoms with Crippen LogP contribution in [-0.2, 0) is 0 Å². The van der Waals surface area contributed by atoms with Crippen LogP contribution in [0.25, 0.3) is 0 Å². The van der Waals surface area contributed by atoms with Crippen molar-refractivity contribution < 1.29 is 23.0 Å². The van der Waals surface area contributed by atoms with Gasteiger partial charge in [0.05, 0.1) is 25.3 Å². The number of nitrogens with zero attached hydrogens (tertiary/aromatic N) is 2. The van der Waals surface area contributed by atoms with Gasteiger partial charge >= 0.3 is 0 Å². The van der Waals surface area contributed by atoms with Crippen molar-refractivity contribution in [2.75, 3.05) is 20.3 Å². The van der Waals surface area contributed by atoms with Gasteiger partial charge in [-0.25, -0.2) is 8.78 Å². The van der Waals surface area contributed by atoms with E-state index in [-0.39, 0.29) is 24.3 Å². The fourth-order valence-electron chi connectivity index (χ4n) is 2.77. The van der Waals surface area contributed by atoms with Gasteiger partial charge in [0.1, 0.15) is 35.8 Å². The molecule has 25 heavy (non-hydrogen) atoms. The lowest BCUT2D eigenvalue weighted by atomic mass is 10.0. The van der Waals surface area contributed by atoms with Gasteiger partial charge in [0.15, 0.2) is 0 Å². The van der Waals surface area contributed by atoms with Crippen LogP contribution in [0.1, 0.15) is 22.0 Å². The molecule has 3 rings (SSSR count). The van der Waals surface area contributed by atoms with E-state index in [1.807, 2.05) is 6.07 Å². The summed E-state index contributed by atoms with van der Waals surface area (Å²) in [6.07, 6.45) is 0. The zero-order chi connectivity index (χ0) is 18.0. The number of amides is 1. The standard InChI is InChI=1S/C18H14F2N2O3/c1-24-12-2-4-13(5-3-12)25-7-6-22-16(10-21)14-8-11(19)9-15(20)17(14)18(22)23/h2-5,8-9,16H,6-7H2,1H3. The van der Waals surface area contributed by atoms with Crippen LogP contribution in [0.2, 0.25) is 0 Å². The topological polar surface area (TPSA) is 62.6 Å². The first kappa shape index (κ1) is 16.7. The van der Waals surface area contributed by atoms with Crippen molar-refractivity contribution in [3.63, 3.8) is 0 Å². The van der Waals surface area contributed by atoms with E-state index in [1.165, 1.54) is 4.90 Å². The number of nitriles is 1. The molecule has 1 atom stereocenters. The van der Waals surface area contributed by atoms with E-state index in [1.54, 1.807) is 31.4 Å². The Hall–Kier alpha value is -3.14. The first-order chi connectivity index (χ1) is 12.0. The minimum absolute atomic E-state index is 0.0504. The molecule has 0 saturated heterocycles. The largest absolute Gasteiger partial charge is 0.497 e. The number of carbonyl (C=O) groups is 1. The van der Waals surface area contributed by atoms with Crippen molar-refractivity contribution in [2.45, 2.75) is 6.04 Å². The highest BCUT2D eigenvalue weighted by molar-refractivity contribution is 6.00. The Morgan fingerprint density at radius 1 is 1.20 bits per heavy atom. The third kappa shape index (κ3) is 3.11. The molecule has 0 N–H and O–H groups in total. The molecule has 5 nitrogen and oxygen atoms in total. The maximum Gasteiger partial charge on any atom is 0.258 e. The van der Waals surface area contributed by atoms with E-state index in [0.29, 0.717) is 17.6 Å². The Balaban J connectivity index is 1.71. The summed E-state index contributed by atoms with van der Waals surface area (Å²) in [7, 11) is 1.55. The minimum Gasteiger partial charge on any atom is -0.497 e. The second-order valence-corrected chi connectivity index (χ2v) is 5.41. The zero-order valence-corrected chi connectivity index (χ0v) is 13.3. The number of benzene rings is 2. The lowest BCUT2D eigenvalue weighted by molar-refractivity contribution is 0.0727. The van der Waals surface area contributed by atoms with Crippen LogP contribution in [0.15, 0.2) is 36.4 Å². The molecule has 0 aliphatic carbocycles. The smallest absolute Gasteiger partial charge is 0.258 e. The summed E-state index contributed by atoms with van der Waals surface area (Å²) in [4.78, 5) is 13.5. The third-order valence-corrected chi connectivity index (χ3v) is 3.95. The number of hydrogen-bond acceptors (Lipinski definition) is 4. The summed E-state index contributed by atoms with van der Waals surface area (Å²) in [5.41, 5.74) is -0.202. The Morgan fingerprint density at radius 3 is 2.52 bits per heavy atom. The van der Waals surface area contributed by atoms with Gasteiger partial charge in [-0.2, -0.15) is 5.26 Å². The second kappa shape index (κ2) is 6.77. The number of rotatable bonds is 5. The molecule has 1 unspecified atom stereocenters. The third-order valence-electron chi connectivity index (χ3n) is 3.95. The summed E-state index contributed by atoms with van der Waals surface area (Å²) in [5.74, 6) is -1.17. The molecule has 128 valence electrons. The van der Waals surface area contributed by atoms with Crippen molar-refractivity contribution in [3.8, 4) is 17.6 Å². The van der Waals surface area contributed by atoms with E-state index < -0.39 is 23.6 Å². The molecule has 1 heterocycles. The SMILES string of the molecule is COc1ccc(OCCN2C(=O)c3c(F)cc(F)cc3C2C#N)cc1. The number of methoxy groups -OCH3 is 1. The Kier molecular flexibility index (Phi) is 4.52. The minimum atomic E-state index is -1.04. The average Bonchev–Trinajstić information content (AvgIpc) is 2.87. The van der Waals surface area contributed by atoms with Crippen LogP contribution in [0.3, 0.4) is 0 Å². The Morgan fingerprint density at radius 2 is 1.88 bits per heavy atom. The van der Waals surface area contributed by atoms with Gasteiger partial charge in [0.25, 0.3) is 5.91 Å². The molecule has 7 heteroatoms. The molecule has 0 fully saturated rings. The quantitative estimate of drug-likeness (QED) is 0.836. The molecule has 0 spiro atoms. The van der Waals surface area contributed by atoms with Crippen LogP contribution >= 0.6 is 0 Å². The van der Waals surface area contributed by atoms with Crippen LogP contribution in [0.5, 0.6) is 11.5 Å². The highest BCUT2D eigenvalue weighted by Crippen LogP contribution is 2.35. The van der Waals surface area contributed by atoms with Gasteiger partial charge in [-0.1, -0.05) is 0 Å². The molecule has 0 radical (unpaired) electrons. The summed E-state index contributed by atoms with van der Waals surface area (Å²) < 4.78 is 37.9. The Bertz CT molecular complexity index is 847. The predicted octanol–water partition coefficient (Wildman–Crippen LogP) is 3.07. The lowest BCUT2D eigenvalue weighted by Crippen LogP contribution is -2.31. The molecule has 0 bridgehead atoms. The number of halogens is 2. The van der Waals surface area contributed by atoms with Crippen molar-refractivity contribution in [2.24, 2.45) is 0 Å². The van der Waals surface area contributed by atoms with E-state index >= 15 is 0 Å². The van der Waals surface area contributed by atoms with Crippen LogP contribution < -0.4 is 9.47 Å². The molecule has 1 amide bonds. The first-order valence-corrected chi connectivity index (χ1v) is 7.51.